The minimum Gasteiger partial charge on any atom is -0.460 e. The molecule has 14 nitrogen and oxygen atoms in total. The Morgan fingerprint density at radius 2 is 1.73 bits per heavy atom. The fourth-order valence-electron chi connectivity index (χ4n) is 4.27. The Morgan fingerprint density at radius 3 is 2.34 bits per heavy atom. The predicted octanol–water partition coefficient (Wildman–Crippen LogP) is 2.39. The standard InChI is InChI=1S/C30H42N6O8/c1-6-42-29(41)44-36-16-14-35(15-17-36)28(40)22(12-13-25(38)43-30(3,4)5)33-27(39)23-18-24(31-20(2)19-37)34-26(32-23)21-10-8-7-9-11-21/h7-11,18,20,22,37H,6,12-17,19H2,1-5H3,(H,33,39)(H,31,32,34)/t20-,22-/m0/s1. The van der Waals surface area contributed by atoms with Gasteiger partial charge >= 0.3 is 12.1 Å². The van der Waals surface area contributed by atoms with E-state index < -0.39 is 35.6 Å². The fraction of sp³-hybridized carbons (Fsp3) is 0.533. The quantitative estimate of drug-likeness (QED) is 0.299. The molecule has 3 rings (SSSR count). The Morgan fingerprint density at radius 1 is 1.05 bits per heavy atom. The Hall–Kier alpha value is -4.30. The first kappa shape index (κ1) is 34.2. The molecular weight excluding hydrogens is 572 g/mol. The van der Waals surface area contributed by atoms with E-state index in [0.717, 1.165) is 0 Å². The number of benzene rings is 1. The van der Waals surface area contributed by atoms with Crippen molar-refractivity contribution < 1.29 is 38.6 Å². The smallest absolute Gasteiger partial charge is 0.460 e. The average molecular weight is 615 g/mol. The highest BCUT2D eigenvalue weighted by atomic mass is 16.8. The summed E-state index contributed by atoms with van der Waals surface area (Å²) in [4.78, 5) is 67.1. The maximum atomic E-state index is 13.7. The van der Waals surface area contributed by atoms with Crippen LogP contribution in [0.5, 0.6) is 0 Å². The monoisotopic (exact) mass is 614 g/mol. The van der Waals surface area contributed by atoms with Crippen LogP contribution in [-0.2, 0) is 23.9 Å². The van der Waals surface area contributed by atoms with Gasteiger partial charge in [-0.05, 0) is 41.0 Å². The highest BCUT2D eigenvalue weighted by Gasteiger charge is 2.31. The van der Waals surface area contributed by atoms with E-state index in [0.29, 0.717) is 11.4 Å². The number of ether oxygens (including phenoxy) is 2. The highest BCUT2D eigenvalue weighted by Crippen LogP contribution is 2.19. The molecule has 1 aliphatic rings. The number of carbonyl (C=O) groups excluding carboxylic acids is 4. The molecule has 14 heteroatoms. The fourth-order valence-corrected chi connectivity index (χ4v) is 4.27. The first-order chi connectivity index (χ1) is 20.9. The van der Waals surface area contributed by atoms with E-state index >= 15 is 0 Å². The Bertz CT molecular complexity index is 1280. The summed E-state index contributed by atoms with van der Waals surface area (Å²) in [6, 6.07) is 9.10. The maximum Gasteiger partial charge on any atom is 0.527 e. The zero-order valence-electron chi connectivity index (χ0n) is 25.9. The number of aliphatic hydroxyl groups excluding tert-OH is 1. The van der Waals surface area contributed by atoms with Crippen LogP contribution in [0.25, 0.3) is 11.4 Å². The number of nitrogens with one attached hydrogen (secondary N) is 2. The van der Waals surface area contributed by atoms with Gasteiger partial charge in [0.05, 0.1) is 26.3 Å². The highest BCUT2D eigenvalue weighted by molar-refractivity contribution is 5.97. The number of carbonyl (C=O) groups is 4. The van der Waals surface area contributed by atoms with Gasteiger partial charge in [0, 0.05) is 37.2 Å². The van der Waals surface area contributed by atoms with Crippen molar-refractivity contribution in [1.82, 2.24) is 25.2 Å². The van der Waals surface area contributed by atoms with Crippen LogP contribution in [0.2, 0.25) is 0 Å². The second kappa shape index (κ2) is 16.0. The molecule has 2 heterocycles. The number of piperazine rings is 1. The summed E-state index contributed by atoms with van der Waals surface area (Å²) >= 11 is 0. The number of amides is 2. The van der Waals surface area contributed by atoms with Crippen molar-refractivity contribution in [3.05, 3.63) is 42.1 Å². The zero-order valence-corrected chi connectivity index (χ0v) is 25.9. The van der Waals surface area contributed by atoms with Crippen molar-refractivity contribution in [2.75, 3.05) is 44.7 Å². The van der Waals surface area contributed by atoms with Gasteiger partial charge in [0.25, 0.3) is 5.91 Å². The summed E-state index contributed by atoms with van der Waals surface area (Å²) in [6.07, 6.45) is -0.945. The molecule has 0 radical (unpaired) electrons. The lowest BCUT2D eigenvalue weighted by atomic mass is 10.1. The Kier molecular flexibility index (Phi) is 12.4. The van der Waals surface area contributed by atoms with Crippen LogP contribution in [0.4, 0.5) is 10.6 Å². The topological polar surface area (TPSA) is 173 Å². The molecular formula is C30H42N6O8. The van der Waals surface area contributed by atoms with Gasteiger partial charge in [-0.25, -0.2) is 14.8 Å². The van der Waals surface area contributed by atoms with Crippen LogP contribution in [0, 0.1) is 0 Å². The predicted molar refractivity (Wildman–Crippen MR) is 160 cm³/mol. The molecule has 0 unspecified atom stereocenters. The summed E-state index contributed by atoms with van der Waals surface area (Å²) in [5.74, 6) is -0.950. The van der Waals surface area contributed by atoms with Crippen LogP contribution in [0.15, 0.2) is 36.4 Å². The van der Waals surface area contributed by atoms with Crippen LogP contribution in [-0.4, -0.2) is 106 Å². The number of hydroxylamine groups is 2. The average Bonchev–Trinajstić information content (AvgIpc) is 2.98. The van der Waals surface area contributed by atoms with Crippen LogP contribution < -0.4 is 10.6 Å². The maximum absolute atomic E-state index is 13.7. The van der Waals surface area contributed by atoms with Crippen molar-refractivity contribution in [1.29, 1.82) is 0 Å². The summed E-state index contributed by atoms with van der Waals surface area (Å²) in [5.41, 5.74) is -0.0459. The third-order valence-corrected chi connectivity index (χ3v) is 6.34. The van der Waals surface area contributed by atoms with Gasteiger partial charge in [-0.15, -0.1) is 5.06 Å². The lowest BCUT2D eigenvalue weighted by Crippen LogP contribution is -2.55. The molecule has 2 aromatic rings. The van der Waals surface area contributed by atoms with E-state index in [2.05, 4.69) is 20.6 Å². The van der Waals surface area contributed by atoms with Gasteiger partial charge in [-0.3, -0.25) is 14.4 Å². The van der Waals surface area contributed by atoms with Crippen molar-refractivity contribution in [3.8, 4) is 11.4 Å². The summed E-state index contributed by atoms with van der Waals surface area (Å²) in [6.45, 7) is 9.59. The molecule has 2 amide bonds. The molecule has 44 heavy (non-hydrogen) atoms. The second-order valence-corrected chi connectivity index (χ2v) is 11.2. The molecule has 0 aliphatic carbocycles. The van der Waals surface area contributed by atoms with E-state index in [4.69, 9.17) is 14.3 Å². The first-order valence-corrected chi connectivity index (χ1v) is 14.6. The number of hydrogen-bond acceptors (Lipinski definition) is 12. The number of esters is 1. The van der Waals surface area contributed by atoms with Crippen molar-refractivity contribution in [2.24, 2.45) is 0 Å². The third kappa shape index (κ3) is 10.8. The largest absolute Gasteiger partial charge is 0.527 e. The molecule has 3 N–H and O–H groups in total. The van der Waals surface area contributed by atoms with E-state index in [9.17, 15) is 24.3 Å². The van der Waals surface area contributed by atoms with Gasteiger partial charge in [0.15, 0.2) is 5.82 Å². The Balaban J connectivity index is 1.81. The molecule has 0 saturated carbocycles. The molecule has 1 aliphatic heterocycles. The zero-order chi connectivity index (χ0) is 32.3. The molecule has 240 valence electrons. The summed E-state index contributed by atoms with van der Waals surface area (Å²) in [5, 5.41) is 16.7. The number of nitrogens with zero attached hydrogens (tertiary/aromatic N) is 4. The van der Waals surface area contributed by atoms with Gasteiger partial charge in [-0.2, -0.15) is 0 Å². The number of hydrogen-bond donors (Lipinski definition) is 3. The van der Waals surface area contributed by atoms with Gasteiger partial charge in [0.2, 0.25) is 5.91 Å². The minimum absolute atomic E-state index is 0.00535. The molecule has 0 spiro atoms. The van der Waals surface area contributed by atoms with Crippen molar-refractivity contribution in [2.45, 2.75) is 65.1 Å². The molecule has 1 saturated heterocycles. The molecule has 2 atom stereocenters. The number of aliphatic hydroxyl groups is 1. The van der Waals surface area contributed by atoms with E-state index in [1.807, 2.05) is 18.2 Å². The van der Waals surface area contributed by atoms with Gasteiger partial charge in [0.1, 0.15) is 23.2 Å². The second-order valence-electron chi connectivity index (χ2n) is 11.2. The lowest BCUT2D eigenvalue weighted by molar-refractivity contribution is -0.158. The summed E-state index contributed by atoms with van der Waals surface area (Å²) < 4.78 is 10.2. The molecule has 1 aromatic heterocycles. The molecule has 0 bridgehead atoms. The summed E-state index contributed by atoms with van der Waals surface area (Å²) in [7, 11) is 0. The van der Waals surface area contributed by atoms with Gasteiger partial charge < -0.3 is 35.0 Å². The third-order valence-electron chi connectivity index (χ3n) is 6.34. The number of anilines is 1. The molecule has 1 fully saturated rings. The van der Waals surface area contributed by atoms with Crippen LogP contribution >= 0.6 is 0 Å². The van der Waals surface area contributed by atoms with E-state index in [1.54, 1.807) is 46.8 Å². The number of aromatic nitrogens is 2. The van der Waals surface area contributed by atoms with Crippen molar-refractivity contribution >= 4 is 29.8 Å². The first-order valence-electron chi connectivity index (χ1n) is 14.6. The van der Waals surface area contributed by atoms with Crippen molar-refractivity contribution in [3.63, 3.8) is 0 Å². The van der Waals surface area contributed by atoms with E-state index in [1.165, 1.54) is 16.0 Å². The minimum atomic E-state index is -1.07. The van der Waals surface area contributed by atoms with Crippen LogP contribution in [0.3, 0.4) is 0 Å². The molecule has 1 aromatic carbocycles. The van der Waals surface area contributed by atoms with E-state index in [-0.39, 0.29) is 69.8 Å². The normalized spacial score (nSPS) is 15.1. The SMILES string of the molecule is CCOC(=O)ON1CCN(C(=O)[C@H](CCC(=O)OC(C)(C)C)NC(=O)c2cc(N[C@@H](C)CO)nc(-c3ccccc3)n2)CC1. The number of rotatable bonds is 12. The van der Waals surface area contributed by atoms with Crippen LogP contribution in [0.1, 0.15) is 57.9 Å². The Labute approximate surface area is 257 Å². The lowest BCUT2D eigenvalue weighted by Gasteiger charge is -2.35. The van der Waals surface area contributed by atoms with Gasteiger partial charge in [-0.1, -0.05) is 30.3 Å².